The number of aromatic nitrogens is 7. The number of nitrogens with zero attached hydrogens (tertiary/aromatic N) is 7. The third-order valence-corrected chi connectivity index (χ3v) is 5.73. The van der Waals surface area contributed by atoms with E-state index in [2.05, 4.69) is 36.1 Å². The average molecular weight is 588 g/mol. The van der Waals surface area contributed by atoms with E-state index >= 15 is 0 Å². The lowest BCUT2D eigenvalue weighted by Crippen LogP contribution is -2.37. The molecule has 0 aliphatic rings. The number of carbonyl (C=O) groups excluding carboxylic acids is 1. The van der Waals surface area contributed by atoms with Crippen LogP contribution >= 0.6 is 27.5 Å². The maximum Gasteiger partial charge on any atom is 0.416 e. The van der Waals surface area contributed by atoms with Crippen molar-refractivity contribution in [1.82, 2.24) is 34.1 Å². The van der Waals surface area contributed by atoms with E-state index in [4.69, 9.17) is 17.3 Å². The Bertz CT molecular complexity index is 1480. The van der Waals surface area contributed by atoms with Crippen LogP contribution in [-0.4, -0.2) is 57.4 Å². The number of carbonyl (C=O) groups is 1. The number of amides is 1. The zero-order chi connectivity index (χ0) is 26.2. The summed E-state index contributed by atoms with van der Waals surface area (Å²) in [6.45, 7) is -1.53. The molecule has 16 heteroatoms. The summed E-state index contributed by atoms with van der Waals surface area (Å²) in [7, 11) is 0. The van der Waals surface area contributed by atoms with E-state index in [1.807, 2.05) is 0 Å². The number of alkyl halides is 3. The van der Waals surface area contributed by atoms with Crippen molar-refractivity contribution in [3.63, 3.8) is 0 Å². The molecule has 0 radical (unpaired) electrons. The SMILES string of the molecule is NC(=O)c1nc(Cn2nc(-c3ccc(Cl)cc3)n(C[C@H](O)C(F)(F)F)c2=O)nn1-c1ncccc1Br. The molecular weight excluding hydrogens is 573 g/mol. The first-order chi connectivity index (χ1) is 17.0. The van der Waals surface area contributed by atoms with Gasteiger partial charge in [-0.3, -0.25) is 9.36 Å². The van der Waals surface area contributed by atoms with E-state index in [1.54, 1.807) is 12.1 Å². The molecule has 0 unspecified atom stereocenters. The molecule has 1 amide bonds. The predicted octanol–water partition coefficient (Wildman–Crippen LogP) is 2.17. The van der Waals surface area contributed by atoms with Crippen LogP contribution in [0.1, 0.15) is 16.4 Å². The second-order valence-corrected chi connectivity index (χ2v) is 8.67. The van der Waals surface area contributed by atoms with E-state index in [0.717, 1.165) is 9.36 Å². The number of aliphatic hydroxyl groups excluding tert-OH is 1. The Labute approximate surface area is 213 Å². The lowest BCUT2D eigenvalue weighted by molar-refractivity contribution is -0.207. The highest BCUT2D eigenvalue weighted by atomic mass is 79.9. The van der Waals surface area contributed by atoms with Gasteiger partial charge in [-0.25, -0.2) is 19.4 Å². The van der Waals surface area contributed by atoms with E-state index in [-0.39, 0.29) is 28.9 Å². The van der Waals surface area contributed by atoms with Crippen molar-refractivity contribution in [3.8, 4) is 17.2 Å². The fourth-order valence-electron chi connectivity index (χ4n) is 3.19. The quantitative estimate of drug-likeness (QED) is 0.337. The Balaban J connectivity index is 1.78. The van der Waals surface area contributed by atoms with Gasteiger partial charge in [-0.15, -0.1) is 10.2 Å². The third kappa shape index (κ3) is 5.17. The van der Waals surface area contributed by atoms with Gasteiger partial charge in [-0.05, 0) is 52.3 Å². The zero-order valence-electron chi connectivity index (χ0n) is 17.9. The van der Waals surface area contributed by atoms with Gasteiger partial charge in [0.05, 0.1) is 11.0 Å². The Morgan fingerprint density at radius 2 is 1.89 bits per heavy atom. The molecule has 1 atom stereocenters. The Morgan fingerprint density at radius 3 is 2.50 bits per heavy atom. The minimum atomic E-state index is -4.97. The average Bonchev–Trinajstić information content (AvgIpc) is 3.36. The second-order valence-electron chi connectivity index (χ2n) is 7.38. The van der Waals surface area contributed by atoms with Crippen molar-refractivity contribution in [2.45, 2.75) is 25.4 Å². The van der Waals surface area contributed by atoms with Gasteiger partial charge in [0.15, 0.2) is 23.6 Å². The summed E-state index contributed by atoms with van der Waals surface area (Å²) >= 11 is 9.17. The summed E-state index contributed by atoms with van der Waals surface area (Å²) in [5.41, 5.74) is 4.72. The predicted molar refractivity (Wildman–Crippen MR) is 123 cm³/mol. The van der Waals surface area contributed by atoms with Crippen molar-refractivity contribution in [2.75, 3.05) is 0 Å². The summed E-state index contributed by atoms with van der Waals surface area (Å²) in [6, 6.07) is 9.14. The van der Waals surface area contributed by atoms with E-state index < -0.39 is 37.0 Å². The van der Waals surface area contributed by atoms with Gasteiger partial charge >= 0.3 is 11.9 Å². The molecule has 0 saturated carbocycles. The molecule has 3 heterocycles. The molecule has 0 fully saturated rings. The number of primary amides is 1. The van der Waals surface area contributed by atoms with Crippen molar-refractivity contribution in [3.05, 3.63) is 74.2 Å². The second kappa shape index (κ2) is 9.83. The summed E-state index contributed by atoms with van der Waals surface area (Å²) in [5.74, 6) is -1.27. The minimum absolute atomic E-state index is 0.0906. The molecule has 188 valence electrons. The molecule has 3 N–H and O–H groups in total. The van der Waals surface area contributed by atoms with Crippen molar-refractivity contribution < 1.29 is 23.1 Å². The number of nitrogens with two attached hydrogens (primary N) is 1. The van der Waals surface area contributed by atoms with Crippen LogP contribution < -0.4 is 11.4 Å². The largest absolute Gasteiger partial charge is 0.416 e. The Hall–Kier alpha value is -3.56. The zero-order valence-corrected chi connectivity index (χ0v) is 20.2. The van der Waals surface area contributed by atoms with Gasteiger partial charge in [-0.2, -0.15) is 17.9 Å². The molecule has 3 aromatic heterocycles. The fraction of sp³-hybridized carbons (Fsp3) is 0.200. The number of aliphatic hydroxyl groups is 1. The van der Waals surface area contributed by atoms with Crippen molar-refractivity contribution >= 4 is 33.4 Å². The minimum Gasteiger partial charge on any atom is -0.382 e. The monoisotopic (exact) mass is 586 g/mol. The number of pyridine rings is 1. The first kappa shape index (κ1) is 25.5. The lowest BCUT2D eigenvalue weighted by Gasteiger charge is -2.15. The van der Waals surface area contributed by atoms with Gasteiger partial charge < -0.3 is 10.8 Å². The van der Waals surface area contributed by atoms with Crippen LogP contribution in [0.4, 0.5) is 13.2 Å². The van der Waals surface area contributed by atoms with Crippen LogP contribution in [-0.2, 0) is 13.1 Å². The number of benzene rings is 1. The number of rotatable bonds is 7. The molecule has 0 bridgehead atoms. The topological polar surface area (TPSA) is 147 Å². The van der Waals surface area contributed by atoms with Gasteiger partial charge in [0.25, 0.3) is 5.91 Å². The molecule has 0 saturated heterocycles. The van der Waals surface area contributed by atoms with Gasteiger partial charge in [0.1, 0.15) is 6.54 Å². The molecule has 0 aliphatic carbocycles. The van der Waals surface area contributed by atoms with E-state index in [9.17, 15) is 27.9 Å². The van der Waals surface area contributed by atoms with Crippen LogP contribution in [0.5, 0.6) is 0 Å². The maximum absolute atomic E-state index is 13.0. The van der Waals surface area contributed by atoms with Crippen LogP contribution in [0.25, 0.3) is 17.2 Å². The third-order valence-electron chi connectivity index (χ3n) is 4.86. The highest BCUT2D eigenvalue weighted by molar-refractivity contribution is 9.10. The highest BCUT2D eigenvalue weighted by Gasteiger charge is 2.39. The van der Waals surface area contributed by atoms with Crippen LogP contribution in [0.15, 0.2) is 51.9 Å². The summed E-state index contributed by atoms with van der Waals surface area (Å²) in [5, 5.41) is 18.3. The van der Waals surface area contributed by atoms with Gasteiger partial charge in [0.2, 0.25) is 5.82 Å². The van der Waals surface area contributed by atoms with E-state index in [1.165, 1.54) is 30.5 Å². The molecule has 0 spiro atoms. The molecule has 36 heavy (non-hydrogen) atoms. The van der Waals surface area contributed by atoms with Crippen molar-refractivity contribution in [2.24, 2.45) is 5.73 Å². The molecule has 11 nitrogen and oxygen atoms in total. The normalized spacial score (nSPS) is 12.6. The number of hydrogen-bond donors (Lipinski definition) is 2. The molecule has 4 aromatic rings. The van der Waals surface area contributed by atoms with Crippen LogP contribution in [0, 0.1) is 0 Å². The van der Waals surface area contributed by atoms with Crippen molar-refractivity contribution in [1.29, 1.82) is 0 Å². The van der Waals surface area contributed by atoms with E-state index in [0.29, 0.717) is 14.1 Å². The Morgan fingerprint density at radius 1 is 1.19 bits per heavy atom. The number of halogens is 5. The fourth-order valence-corrected chi connectivity index (χ4v) is 3.74. The highest BCUT2D eigenvalue weighted by Crippen LogP contribution is 2.24. The maximum atomic E-state index is 13.0. The summed E-state index contributed by atoms with van der Waals surface area (Å²) in [6.07, 6.45) is -6.34. The molecule has 0 aliphatic heterocycles. The standard InChI is InChI=1S/C20H15BrClF3N8O3/c21-12-2-1-7-27-17(12)33-18(15(26)35)28-14(29-33)9-32-19(36)31(8-13(34)20(23,24)25)16(30-32)10-3-5-11(22)6-4-10/h1-7,13,34H,8-9H2,(H2,26,35)/t13-/m0/s1. The summed E-state index contributed by atoms with van der Waals surface area (Å²) in [4.78, 5) is 33.1. The first-order valence-electron chi connectivity index (χ1n) is 10.0. The smallest absolute Gasteiger partial charge is 0.382 e. The van der Waals surface area contributed by atoms with Gasteiger partial charge in [-0.1, -0.05) is 11.6 Å². The molecular formula is C20H15BrClF3N8O3. The first-order valence-corrected chi connectivity index (χ1v) is 11.2. The molecule has 4 rings (SSSR count). The Kier molecular flexibility index (Phi) is 6.97. The van der Waals surface area contributed by atoms with Gasteiger partial charge in [0, 0.05) is 16.8 Å². The van der Waals surface area contributed by atoms with Crippen LogP contribution in [0.2, 0.25) is 5.02 Å². The van der Waals surface area contributed by atoms with Crippen LogP contribution in [0.3, 0.4) is 0 Å². The lowest BCUT2D eigenvalue weighted by atomic mass is 10.2. The summed E-state index contributed by atoms with van der Waals surface area (Å²) < 4.78 is 42.1. The molecule has 1 aromatic carbocycles. The number of hydrogen-bond acceptors (Lipinski definition) is 7.